The average molecular weight is 414 g/mol. The Morgan fingerprint density at radius 1 is 0.966 bits per heavy atom. The molecule has 0 aliphatic rings. The molecule has 0 saturated heterocycles. The number of aromatic carboxylic acids is 1. The molecule has 0 amide bonds. The number of hydrogen-bond donors (Lipinski definition) is 1. The molecule has 2 rings (SSSR count). The van der Waals surface area contributed by atoms with Gasteiger partial charge >= 0.3 is 18.5 Å². The van der Waals surface area contributed by atoms with Gasteiger partial charge in [-0.3, -0.25) is 0 Å². The predicted octanol–water partition coefficient (Wildman–Crippen LogP) is 1.61. The summed E-state index contributed by atoms with van der Waals surface area (Å²) < 4.78 is 98.1. The molecule has 2 aromatic rings. The van der Waals surface area contributed by atoms with E-state index in [1.807, 2.05) is 0 Å². The van der Waals surface area contributed by atoms with Gasteiger partial charge in [-0.2, -0.15) is 13.2 Å². The van der Waals surface area contributed by atoms with Crippen molar-refractivity contribution in [2.45, 2.75) is 12.5 Å². The van der Waals surface area contributed by atoms with Gasteiger partial charge in [0, 0.05) is 0 Å². The largest absolute Gasteiger partial charge is 0.573 e. The van der Waals surface area contributed by atoms with Crippen LogP contribution in [-0.2, 0) is 6.18 Å². The van der Waals surface area contributed by atoms with E-state index in [9.17, 15) is 35.5 Å². The molecule has 0 saturated carbocycles. The standard InChI is InChI=1S/C15H4B3F7O4/c16-5-3-7(29-15(23,24)25)9(17)10(18)12(5)28-6-2-1-4(14(20,21)22)11(19)8(6)13(26)27/h1-3H,(H,26,27). The van der Waals surface area contributed by atoms with Gasteiger partial charge in [-0.25, -0.2) is 9.18 Å². The van der Waals surface area contributed by atoms with E-state index in [4.69, 9.17) is 33.4 Å². The van der Waals surface area contributed by atoms with Gasteiger partial charge in [-0.05, 0) is 18.2 Å². The molecule has 0 atom stereocenters. The van der Waals surface area contributed by atoms with Crippen LogP contribution in [0.2, 0.25) is 0 Å². The summed E-state index contributed by atoms with van der Waals surface area (Å²) in [6, 6.07) is 1.22. The van der Waals surface area contributed by atoms with Crippen molar-refractivity contribution >= 4 is 45.9 Å². The van der Waals surface area contributed by atoms with Crippen LogP contribution in [-0.4, -0.2) is 41.0 Å². The fourth-order valence-corrected chi connectivity index (χ4v) is 2.19. The second-order valence-electron chi connectivity index (χ2n) is 5.37. The molecule has 0 spiro atoms. The topological polar surface area (TPSA) is 55.8 Å². The van der Waals surface area contributed by atoms with E-state index in [0.717, 1.165) is 0 Å². The van der Waals surface area contributed by atoms with Crippen LogP contribution in [0, 0.1) is 5.82 Å². The third-order valence-electron chi connectivity index (χ3n) is 3.41. The second-order valence-corrected chi connectivity index (χ2v) is 5.37. The van der Waals surface area contributed by atoms with Gasteiger partial charge in [0.05, 0.1) is 5.56 Å². The van der Waals surface area contributed by atoms with E-state index in [2.05, 4.69) is 4.74 Å². The first-order chi connectivity index (χ1) is 13.1. The first-order valence-electron chi connectivity index (χ1n) is 7.17. The zero-order chi connectivity index (χ0) is 22.3. The van der Waals surface area contributed by atoms with Crippen molar-refractivity contribution in [2.24, 2.45) is 0 Å². The molecule has 146 valence electrons. The van der Waals surface area contributed by atoms with Crippen LogP contribution in [0.4, 0.5) is 30.7 Å². The Kier molecular flexibility index (Phi) is 5.87. The number of carboxylic acid groups (broad SMARTS) is 1. The summed E-state index contributed by atoms with van der Waals surface area (Å²) >= 11 is 0. The monoisotopic (exact) mass is 414 g/mol. The molecule has 0 unspecified atom stereocenters. The number of benzene rings is 2. The lowest BCUT2D eigenvalue weighted by atomic mass is 9.75. The van der Waals surface area contributed by atoms with Crippen LogP contribution in [0.25, 0.3) is 0 Å². The van der Waals surface area contributed by atoms with Gasteiger partial charge < -0.3 is 14.6 Å². The minimum absolute atomic E-state index is 0.202. The van der Waals surface area contributed by atoms with E-state index in [0.29, 0.717) is 12.1 Å². The number of rotatable bonds is 4. The van der Waals surface area contributed by atoms with Crippen molar-refractivity contribution in [3.63, 3.8) is 0 Å². The van der Waals surface area contributed by atoms with Gasteiger partial charge in [-0.15, -0.1) is 13.2 Å². The highest BCUT2D eigenvalue weighted by Crippen LogP contribution is 2.36. The fourth-order valence-electron chi connectivity index (χ4n) is 2.19. The highest BCUT2D eigenvalue weighted by molar-refractivity contribution is 6.53. The Morgan fingerprint density at radius 3 is 2.03 bits per heavy atom. The maximum atomic E-state index is 14.1. The normalized spacial score (nSPS) is 12.0. The molecule has 4 nitrogen and oxygen atoms in total. The molecule has 0 fully saturated rings. The summed E-state index contributed by atoms with van der Waals surface area (Å²) in [5.41, 5.74) is -5.59. The van der Waals surface area contributed by atoms with Gasteiger partial charge in [0.15, 0.2) is 5.82 Å². The Balaban J connectivity index is 2.59. The average Bonchev–Trinajstić information content (AvgIpc) is 2.53. The number of carboxylic acids is 1. The van der Waals surface area contributed by atoms with Crippen molar-refractivity contribution in [1.82, 2.24) is 0 Å². The van der Waals surface area contributed by atoms with Crippen molar-refractivity contribution in [2.75, 3.05) is 0 Å². The van der Waals surface area contributed by atoms with Crippen molar-refractivity contribution < 1.29 is 50.1 Å². The summed E-state index contributed by atoms with van der Waals surface area (Å²) in [5, 5.41) is 9.06. The van der Waals surface area contributed by atoms with Gasteiger partial charge in [0.2, 0.25) is 0 Å². The molecule has 14 heteroatoms. The van der Waals surface area contributed by atoms with Crippen molar-refractivity contribution in [3.05, 3.63) is 35.1 Å². The maximum absolute atomic E-state index is 14.1. The van der Waals surface area contributed by atoms with Gasteiger partial charge in [-0.1, -0.05) is 16.4 Å². The van der Waals surface area contributed by atoms with Crippen LogP contribution in [0.5, 0.6) is 17.2 Å². The lowest BCUT2D eigenvalue weighted by Crippen LogP contribution is -2.36. The zero-order valence-electron chi connectivity index (χ0n) is 13.8. The van der Waals surface area contributed by atoms with Crippen molar-refractivity contribution in [1.29, 1.82) is 0 Å². The number of hydrogen-bond acceptors (Lipinski definition) is 3. The minimum Gasteiger partial charge on any atom is -0.477 e. The molecule has 6 radical (unpaired) electrons. The molecule has 2 aromatic carbocycles. The van der Waals surface area contributed by atoms with Crippen LogP contribution in [0.3, 0.4) is 0 Å². The highest BCUT2D eigenvalue weighted by atomic mass is 19.4. The van der Waals surface area contributed by atoms with E-state index < -0.39 is 69.1 Å². The molecule has 0 aromatic heterocycles. The summed E-state index contributed by atoms with van der Waals surface area (Å²) in [5.74, 6) is -6.93. The number of carbonyl (C=O) groups is 1. The van der Waals surface area contributed by atoms with Gasteiger partial charge in [0.25, 0.3) is 0 Å². The van der Waals surface area contributed by atoms with Crippen molar-refractivity contribution in [3.8, 4) is 17.2 Å². The SMILES string of the molecule is [B]c1cc(OC(F)(F)F)c([B])c([B])c1Oc1ccc(C(F)(F)F)c(F)c1C(=O)O. The van der Waals surface area contributed by atoms with E-state index in [1.165, 1.54) is 0 Å². The van der Waals surface area contributed by atoms with Crippen LogP contribution in [0.15, 0.2) is 18.2 Å². The first-order valence-corrected chi connectivity index (χ1v) is 7.17. The Hall–Kier alpha value is -2.79. The summed E-state index contributed by atoms with van der Waals surface area (Å²) in [7, 11) is 16.4. The minimum atomic E-state index is -5.20. The molecule has 1 N–H and O–H groups in total. The molecule has 0 heterocycles. The van der Waals surface area contributed by atoms with Gasteiger partial charge in [0.1, 0.15) is 46.4 Å². The Bertz CT molecular complexity index is 974. The molecule has 0 aliphatic carbocycles. The maximum Gasteiger partial charge on any atom is 0.573 e. The Labute approximate surface area is 161 Å². The van der Waals surface area contributed by atoms with E-state index >= 15 is 0 Å². The second kappa shape index (κ2) is 7.56. The number of halogens is 7. The number of ether oxygens (including phenoxy) is 2. The van der Waals surface area contributed by atoms with Crippen LogP contribution in [0.1, 0.15) is 15.9 Å². The zero-order valence-corrected chi connectivity index (χ0v) is 13.8. The predicted molar refractivity (Wildman–Crippen MR) is 87.7 cm³/mol. The molecule has 29 heavy (non-hydrogen) atoms. The van der Waals surface area contributed by atoms with E-state index in [-0.39, 0.29) is 6.07 Å². The summed E-state index contributed by atoms with van der Waals surface area (Å²) in [6.45, 7) is 0. The molecule has 0 aliphatic heterocycles. The van der Waals surface area contributed by atoms with Crippen LogP contribution >= 0.6 is 0 Å². The molecular formula is C15H4B3F7O4. The highest BCUT2D eigenvalue weighted by Gasteiger charge is 2.37. The number of alkyl halides is 6. The third kappa shape index (κ3) is 4.80. The fraction of sp³-hybridized carbons (Fsp3) is 0.133. The third-order valence-corrected chi connectivity index (χ3v) is 3.41. The molecular weight excluding hydrogens is 410 g/mol. The summed E-state index contributed by atoms with van der Waals surface area (Å²) in [4.78, 5) is 11.2. The lowest BCUT2D eigenvalue weighted by Gasteiger charge is -2.20. The van der Waals surface area contributed by atoms with Crippen LogP contribution < -0.4 is 25.9 Å². The lowest BCUT2D eigenvalue weighted by molar-refractivity contribution is -0.274. The first kappa shape index (κ1) is 22.5. The van der Waals surface area contributed by atoms with E-state index in [1.54, 1.807) is 0 Å². The smallest absolute Gasteiger partial charge is 0.477 e. The molecule has 0 bridgehead atoms. The Morgan fingerprint density at radius 2 is 1.55 bits per heavy atom. The quantitative estimate of drug-likeness (QED) is 0.611. The summed E-state index contributed by atoms with van der Waals surface area (Å²) in [6.07, 6.45) is -10.4.